The van der Waals surface area contributed by atoms with E-state index in [0.717, 1.165) is 38.0 Å². The second-order valence-electron chi connectivity index (χ2n) is 8.34. The van der Waals surface area contributed by atoms with Crippen molar-refractivity contribution in [2.24, 2.45) is 5.92 Å². The van der Waals surface area contributed by atoms with Gasteiger partial charge < -0.3 is 14.4 Å². The molecule has 0 spiro atoms. The Kier molecular flexibility index (Phi) is 6.17. The molecule has 8 heteroatoms. The van der Waals surface area contributed by atoms with E-state index in [-0.39, 0.29) is 30.4 Å². The van der Waals surface area contributed by atoms with Crippen LogP contribution in [0.4, 0.5) is 0 Å². The summed E-state index contributed by atoms with van der Waals surface area (Å²) in [7, 11) is 3.37. The second kappa shape index (κ2) is 8.83. The van der Waals surface area contributed by atoms with Crippen LogP contribution in [0.3, 0.4) is 0 Å². The zero-order valence-corrected chi connectivity index (χ0v) is 17.6. The van der Waals surface area contributed by atoms with Crippen LogP contribution in [0.1, 0.15) is 47.2 Å². The average molecular weight is 415 g/mol. The van der Waals surface area contributed by atoms with Gasteiger partial charge in [-0.3, -0.25) is 24.6 Å². The summed E-state index contributed by atoms with van der Waals surface area (Å²) in [5.41, 5.74) is 2.78. The van der Waals surface area contributed by atoms with E-state index in [1.807, 2.05) is 12.1 Å². The molecule has 0 aromatic heterocycles. The molecule has 4 rings (SSSR count). The van der Waals surface area contributed by atoms with Crippen molar-refractivity contribution in [3.8, 4) is 0 Å². The molecule has 1 unspecified atom stereocenters. The molecular formula is C22H29N3O5. The number of nitrogens with one attached hydrogen (secondary N) is 1. The Bertz CT molecular complexity index is 830. The maximum Gasteiger partial charge on any atom is 0.255 e. The number of piperidine rings is 2. The van der Waals surface area contributed by atoms with Gasteiger partial charge in [-0.05, 0) is 49.5 Å². The highest BCUT2D eigenvalue weighted by Crippen LogP contribution is 2.29. The molecule has 0 radical (unpaired) electrons. The van der Waals surface area contributed by atoms with E-state index in [1.165, 1.54) is 5.56 Å². The molecule has 3 aliphatic heterocycles. The summed E-state index contributed by atoms with van der Waals surface area (Å²) in [5.74, 6) is -0.359. The van der Waals surface area contributed by atoms with Crippen LogP contribution in [-0.2, 0) is 32.2 Å². The van der Waals surface area contributed by atoms with Gasteiger partial charge in [-0.1, -0.05) is 12.1 Å². The summed E-state index contributed by atoms with van der Waals surface area (Å²) in [5, 5.41) is 2.34. The van der Waals surface area contributed by atoms with E-state index in [0.29, 0.717) is 24.4 Å². The predicted octanol–water partition coefficient (Wildman–Crippen LogP) is 1.28. The largest absolute Gasteiger partial charge is 0.356 e. The van der Waals surface area contributed by atoms with Crippen LogP contribution >= 0.6 is 0 Å². The molecule has 1 atom stereocenters. The minimum absolute atomic E-state index is 0.128. The highest BCUT2D eigenvalue weighted by atomic mass is 16.7. The maximum atomic E-state index is 12.8. The van der Waals surface area contributed by atoms with Crippen LogP contribution in [0, 0.1) is 5.92 Å². The van der Waals surface area contributed by atoms with Crippen molar-refractivity contribution < 1.29 is 23.9 Å². The molecule has 1 aromatic rings. The van der Waals surface area contributed by atoms with Gasteiger partial charge in [0.15, 0.2) is 6.29 Å². The fraction of sp³-hybridized carbons (Fsp3) is 0.591. The molecule has 1 aromatic carbocycles. The second-order valence-corrected chi connectivity index (χ2v) is 8.34. The molecule has 2 fully saturated rings. The van der Waals surface area contributed by atoms with Gasteiger partial charge in [-0.2, -0.15) is 0 Å². The molecule has 162 valence electrons. The molecule has 30 heavy (non-hydrogen) atoms. The van der Waals surface area contributed by atoms with E-state index in [9.17, 15) is 14.4 Å². The average Bonchev–Trinajstić information content (AvgIpc) is 3.06. The number of likely N-dealkylation sites (tertiary alicyclic amines) is 1. The van der Waals surface area contributed by atoms with Crippen LogP contribution in [0.25, 0.3) is 0 Å². The first-order valence-electron chi connectivity index (χ1n) is 10.5. The number of carbonyl (C=O) groups is 3. The van der Waals surface area contributed by atoms with Gasteiger partial charge in [-0.25, -0.2) is 0 Å². The quantitative estimate of drug-likeness (QED) is 0.556. The molecule has 3 amide bonds. The zero-order valence-electron chi connectivity index (χ0n) is 17.6. The van der Waals surface area contributed by atoms with Crippen molar-refractivity contribution in [3.05, 3.63) is 34.9 Å². The van der Waals surface area contributed by atoms with Gasteiger partial charge in [0.1, 0.15) is 6.04 Å². The molecule has 2 saturated heterocycles. The number of imide groups is 1. The fourth-order valence-electron chi connectivity index (χ4n) is 4.85. The monoisotopic (exact) mass is 415 g/mol. The zero-order chi connectivity index (χ0) is 21.3. The lowest BCUT2D eigenvalue weighted by Crippen LogP contribution is -2.52. The Labute approximate surface area is 176 Å². The van der Waals surface area contributed by atoms with Crippen molar-refractivity contribution >= 4 is 17.7 Å². The SMILES string of the molecule is COC(OC)C1CCN(Cc2ccc3c(c2)CN(C2CCC(=O)NC2=O)C3=O)CC1. The molecule has 0 bridgehead atoms. The van der Waals surface area contributed by atoms with Gasteiger partial charge >= 0.3 is 0 Å². The molecule has 1 N–H and O–H groups in total. The van der Waals surface area contributed by atoms with Gasteiger partial charge in [0.2, 0.25) is 11.8 Å². The van der Waals surface area contributed by atoms with E-state index < -0.39 is 6.04 Å². The number of ether oxygens (including phenoxy) is 2. The normalized spacial score (nSPS) is 23.2. The Hall–Kier alpha value is -2.29. The van der Waals surface area contributed by atoms with Crippen molar-refractivity contribution in [2.75, 3.05) is 27.3 Å². The number of amides is 3. The summed E-state index contributed by atoms with van der Waals surface area (Å²) in [6, 6.07) is 5.39. The number of nitrogens with zero attached hydrogens (tertiary/aromatic N) is 2. The summed E-state index contributed by atoms with van der Waals surface area (Å²) < 4.78 is 10.8. The third-order valence-corrected chi connectivity index (χ3v) is 6.48. The van der Waals surface area contributed by atoms with Crippen molar-refractivity contribution in [3.63, 3.8) is 0 Å². The number of fused-ring (bicyclic) bond motifs is 1. The highest BCUT2D eigenvalue weighted by Gasteiger charge is 2.39. The number of hydrogen-bond donors (Lipinski definition) is 1. The van der Waals surface area contributed by atoms with E-state index in [2.05, 4.69) is 16.3 Å². The third kappa shape index (κ3) is 4.12. The third-order valence-electron chi connectivity index (χ3n) is 6.48. The van der Waals surface area contributed by atoms with Crippen molar-refractivity contribution in [1.29, 1.82) is 0 Å². The summed E-state index contributed by atoms with van der Waals surface area (Å²) in [6.45, 7) is 3.20. The Morgan fingerprint density at radius 2 is 1.83 bits per heavy atom. The molecule has 0 saturated carbocycles. The first-order chi connectivity index (χ1) is 14.5. The van der Waals surface area contributed by atoms with Crippen LogP contribution in [0.15, 0.2) is 18.2 Å². The Morgan fingerprint density at radius 1 is 1.10 bits per heavy atom. The van der Waals surface area contributed by atoms with Crippen LogP contribution < -0.4 is 5.32 Å². The first kappa shape index (κ1) is 21.0. The topological polar surface area (TPSA) is 88.2 Å². The number of hydrogen-bond acceptors (Lipinski definition) is 6. The summed E-state index contributed by atoms with van der Waals surface area (Å²) in [6.07, 6.45) is 2.57. The van der Waals surface area contributed by atoms with Gasteiger partial charge in [0.25, 0.3) is 5.91 Å². The lowest BCUT2D eigenvalue weighted by Gasteiger charge is -2.34. The molecule has 0 aliphatic carbocycles. The maximum absolute atomic E-state index is 12.8. The van der Waals surface area contributed by atoms with Crippen LogP contribution in [-0.4, -0.2) is 67.2 Å². The highest BCUT2D eigenvalue weighted by molar-refractivity contribution is 6.05. The standard InChI is InChI=1S/C22H29N3O5/c1-29-22(30-2)15-7-9-24(10-8-15)12-14-3-4-17-16(11-14)13-25(21(17)28)18-5-6-19(26)23-20(18)27/h3-4,11,15,18,22H,5-10,12-13H2,1-2H3,(H,23,26,27). The lowest BCUT2D eigenvalue weighted by atomic mass is 9.95. The molecule has 8 nitrogen and oxygen atoms in total. The number of carbonyl (C=O) groups excluding carboxylic acids is 3. The van der Waals surface area contributed by atoms with E-state index in [1.54, 1.807) is 19.1 Å². The predicted molar refractivity (Wildman–Crippen MR) is 108 cm³/mol. The molecular weight excluding hydrogens is 386 g/mol. The number of benzene rings is 1. The molecule has 3 heterocycles. The minimum Gasteiger partial charge on any atom is -0.356 e. The summed E-state index contributed by atoms with van der Waals surface area (Å²) in [4.78, 5) is 40.4. The van der Waals surface area contributed by atoms with Crippen molar-refractivity contribution in [1.82, 2.24) is 15.1 Å². The Morgan fingerprint density at radius 3 is 2.50 bits per heavy atom. The van der Waals surface area contributed by atoms with E-state index in [4.69, 9.17) is 9.47 Å². The smallest absolute Gasteiger partial charge is 0.255 e. The van der Waals surface area contributed by atoms with E-state index >= 15 is 0 Å². The Balaban J connectivity index is 1.38. The fourth-order valence-corrected chi connectivity index (χ4v) is 4.85. The minimum atomic E-state index is -0.570. The van der Waals surface area contributed by atoms with Crippen LogP contribution in [0.2, 0.25) is 0 Å². The van der Waals surface area contributed by atoms with Crippen molar-refractivity contribution in [2.45, 2.75) is 51.1 Å². The number of rotatable bonds is 6. The van der Waals surface area contributed by atoms with Gasteiger partial charge in [-0.15, -0.1) is 0 Å². The first-order valence-corrected chi connectivity index (χ1v) is 10.5. The van der Waals surface area contributed by atoms with Gasteiger partial charge in [0.05, 0.1) is 0 Å². The molecule has 3 aliphatic rings. The van der Waals surface area contributed by atoms with Gasteiger partial charge in [0, 0.05) is 45.2 Å². The van der Waals surface area contributed by atoms with Crippen LogP contribution in [0.5, 0.6) is 0 Å². The number of methoxy groups -OCH3 is 2. The summed E-state index contributed by atoms with van der Waals surface area (Å²) >= 11 is 0. The lowest BCUT2D eigenvalue weighted by molar-refractivity contribution is -0.147.